The molecule has 4 aromatic rings. The molecule has 0 spiro atoms. The van der Waals surface area contributed by atoms with Crippen LogP contribution in [-0.4, -0.2) is 39.7 Å². The summed E-state index contributed by atoms with van der Waals surface area (Å²) in [6, 6.07) is 10.3. The molecule has 0 radical (unpaired) electrons. The minimum absolute atomic E-state index is 0.320. The van der Waals surface area contributed by atoms with Gasteiger partial charge in [-0.05, 0) is 56.0 Å². The zero-order valence-electron chi connectivity index (χ0n) is 18.6. The van der Waals surface area contributed by atoms with Gasteiger partial charge in [0.15, 0.2) is 10.8 Å². The van der Waals surface area contributed by atoms with Crippen molar-refractivity contribution in [3.05, 3.63) is 52.9 Å². The van der Waals surface area contributed by atoms with Crippen molar-refractivity contribution in [3.63, 3.8) is 0 Å². The third-order valence-electron chi connectivity index (χ3n) is 5.99. The van der Waals surface area contributed by atoms with Gasteiger partial charge >= 0.3 is 0 Å². The van der Waals surface area contributed by atoms with E-state index in [1.54, 1.807) is 12.1 Å². The molecule has 5 rings (SSSR count). The fraction of sp³-hybridized carbons (Fsp3) is 0.333. The second-order valence-corrected chi connectivity index (χ2v) is 9.08. The molecule has 33 heavy (non-hydrogen) atoms. The maximum atomic E-state index is 13.4. The topological polar surface area (TPSA) is 73.3 Å². The number of thiazole rings is 1. The molecule has 0 amide bonds. The lowest BCUT2D eigenvalue weighted by molar-refractivity contribution is 0.573. The van der Waals surface area contributed by atoms with Gasteiger partial charge in [-0.25, -0.2) is 18.9 Å². The monoisotopic (exact) mass is 461 g/mol. The van der Waals surface area contributed by atoms with E-state index in [0.29, 0.717) is 21.3 Å². The van der Waals surface area contributed by atoms with E-state index in [4.69, 9.17) is 15.1 Å². The van der Waals surface area contributed by atoms with Gasteiger partial charge in [-0.2, -0.15) is 10.4 Å². The number of benzene rings is 1. The van der Waals surface area contributed by atoms with Crippen molar-refractivity contribution in [1.82, 2.24) is 19.6 Å². The van der Waals surface area contributed by atoms with Crippen molar-refractivity contribution in [2.45, 2.75) is 32.6 Å². The van der Waals surface area contributed by atoms with Crippen molar-refractivity contribution in [3.8, 4) is 17.3 Å². The van der Waals surface area contributed by atoms with Crippen LogP contribution in [-0.2, 0) is 6.42 Å². The van der Waals surface area contributed by atoms with Gasteiger partial charge in [-0.1, -0.05) is 18.3 Å². The second-order valence-electron chi connectivity index (χ2n) is 8.10. The molecular weight excluding hydrogens is 437 g/mol. The molecule has 9 heteroatoms. The number of aryl methyl sites for hydroxylation is 1. The van der Waals surface area contributed by atoms with Crippen molar-refractivity contribution >= 4 is 33.6 Å². The first-order valence-electron chi connectivity index (χ1n) is 11.1. The van der Waals surface area contributed by atoms with Gasteiger partial charge in [0.2, 0.25) is 0 Å². The summed E-state index contributed by atoms with van der Waals surface area (Å²) in [7, 11) is 1.93. The molecule has 1 fully saturated rings. The number of halogens is 1. The molecule has 1 saturated heterocycles. The lowest BCUT2D eigenvalue weighted by Crippen LogP contribution is -2.30. The summed E-state index contributed by atoms with van der Waals surface area (Å²) in [6.07, 6.45) is 6.34. The van der Waals surface area contributed by atoms with E-state index >= 15 is 0 Å². The van der Waals surface area contributed by atoms with E-state index in [2.05, 4.69) is 17.9 Å². The largest absolute Gasteiger partial charge is 0.357 e. The van der Waals surface area contributed by atoms with Crippen LogP contribution in [0.5, 0.6) is 0 Å². The van der Waals surface area contributed by atoms with E-state index in [-0.39, 0.29) is 5.82 Å². The lowest BCUT2D eigenvalue weighted by Gasteiger charge is -2.27. The molecule has 0 saturated carbocycles. The zero-order chi connectivity index (χ0) is 22.9. The summed E-state index contributed by atoms with van der Waals surface area (Å²) in [6.45, 7) is 4.10. The predicted molar refractivity (Wildman–Crippen MR) is 129 cm³/mol. The summed E-state index contributed by atoms with van der Waals surface area (Å²) < 4.78 is 15.2. The van der Waals surface area contributed by atoms with Gasteiger partial charge in [0, 0.05) is 31.9 Å². The maximum absolute atomic E-state index is 13.4. The van der Waals surface area contributed by atoms with E-state index in [0.717, 1.165) is 42.4 Å². The number of anilines is 3. The number of hydrogen-bond acceptors (Lipinski definition) is 7. The Labute approximate surface area is 195 Å². The zero-order valence-corrected chi connectivity index (χ0v) is 19.4. The maximum Gasteiger partial charge on any atom is 0.191 e. The molecule has 0 atom stereocenters. The first-order chi connectivity index (χ1) is 16.1. The number of piperidine rings is 1. The van der Waals surface area contributed by atoms with Gasteiger partial charge in [-0.15, -0.1) is 0 Å². The molecule has 3 aromatic heterocycles. The van der Waals surface area contributed by atoms with Gasteiger partial charge in [0.1, 0.15) is 34.0 Å². The van der Waals surface area contributed by atoms with Crippen LogP contribution >= 0.6 is 11.3 Å². The standard InChI is InChI=1S/C24H24FN7S/c1-3-18-22(23-27-20(11-14-32(23)29-18)31-12-5-4-6-13-31)30(2)24-28-21(19(15-26)33-24)16-7-9-17(25)10-8-16/h7-11,14H,3-6,12-13H2,1-2H3. The highest BCUT2D eigenvalue weighted by molar-refractivity contribution is 7.16. The molecule has 0 bridgehead atoms. The van der Waals surface area contributed by atoms with E-state index in [9.17, 15) is 9.65 Å². The van der Waals surface area contributed by atoms with Gasteiger partial charge in [0.25, 0.3) is 0 Å². The summed E-state index contributed by atoms with van der Waals surface area (Å²) >= 11 is 1.31. The first-order valence-corrected chi connectivity index (χ1v) is 11.9. The average Bonchev–Trinajstić information content (AvgIpc) is 3.46. The number of rotatable bonds is 5. The minimum atomic E-state index is -0.320. The molecule has 1 aromatic carbocycles. The molecule has 1 aliphatic heterocycles. The van der Waals surface area contributed by atoms with Crippen LogP contribution in [0.15, 0.2) is 36.5 Å². The van der Waals surface area contributed by atoms with Crippen LogP contribution in [0.25, 0.3) is 16.9 Å². The Hall–Kier alpha value is -3.51. The minimum Gasteiger partial charge on any atom is -0.357 e. The van der Waals surface area contributed by atoms with Crippen LogP contribution in [0.1, 0.15) is 36.8 Å². The Morgan fingerprint density at radius 2 is 1.88 bits per heavy atom. The smallest absolute Gasteiger partial charge is 0.191 e. The molecule has 0 N–H and O–H groups in total. The molecule has 0 unspecified atom stereocenters. The quantitative estimate of drug-likeness (QED) is 0.408. The predicted octanol–water partition coefficient (Wildman–Crippen LogP) is 5.18. The summed E-state index contributed by atoms with van der Waals surface area (Å²) in [5, 5.41) is 15.1. The van der Waals surface area contributed by atoms with Crippen LogP contribution in [0.4, 0.5) is 21.0 Å². The fourth-order valence-electron chi connectivity index (χ4n) is 4.26. The first kappa shape index (κ1) is 21.3. The van der Waals surface area contributed by atoms with Crippen molar-refractivity contribution < 1.29 is 4.39 Å². The highest BCUT2D eigenvalue weighted by Gasteiger charge is 2.24. The molecule has 4 heterocycles. The fourth-order valence-corrected chi connectivity index (χ4v) is 5.12. The number of nitriles is 1. The summed E-state index contributed by atoms with van der Waals surface area (Å²) in [5.74, 6) is 0.641. The number of fused-ring (bicyclic) bond motifs is 1. The molecular formula is C24H24FN7S. The van der Waals surface area contributed by atoms with Crippen LogP contribution in [0.3, 0.4) is 0 Å². The third-order valence-corrected chi connectivity index (χ3v) is 7.02. The van der Waals surface area contributed by atoms with Crippen molar-refractivity contribution in [2.75, 3.05) is 29.9 Å². The van der Waals surface area contributed by atoms with Crippen molar-refractivity contribution in [1.29, 1.82) is 5.26 Å². The third kappa shape index (κ3) is 3.91. The molecule has 7 nitrogen and oxygen atoms in total. The average molecular weight is 462 g/mol. The summed E-state index contributed by atoms with van der Waals surface area (Å²) in [5.41, 5.74) is 3.85. The highest BCUT2D eigenvalue weighted by Crippen LogP contribution is 2.38. The van der Waals surface area contributed by atoms with E-state index in [1.165, 1.54) is 42.7 Å². The van der Waals surface area contributed by atoms with Crippen molar-refractivity contribution in [2.24, 2.45) is 0 Å². The molecule has 0 aliphatic carbocycles. The molecule has 1 aliphatic rings. The Balaban J connectivity index is 1.58. The second kappa shape index (κ2) is 8.79. The van der Waals surface area contributed by atoms with E-state index in [1.807, 2.05) is 28.7 Å². The van der Waals surface area contributed by atoms with Crippen LogP contribution in [0, 0.1) is 17.1 Å². The number of hydrogen-bond donors (Lipinski definition) is 0. The SMILES string of the molecule is CCc1nn2ccc(N3CCCCC3)nc2c1N(C)c1nc(-c2ccc(F)cc2)c(C#N)s1. The number of aromatic nitrogens is 4. The Bertz CT molecular complexity index is 1330. The Morgan fingerprint density at radius 3 is 2.58 bits per heavy atom. The summed E-state index contributed by atoms with van der Waals surface area (Å²) in [4.78, 5) is 14.5. The van der Waals surface area contributed by atoms with Gasteiger partial charge in [0.05, 0.1) is 5.69 Å². The van der Waals surface area contributed by atoms with E-state index < -0.39 is 0 Å². The van der Waals surface area contributed by atoms with Crippen LogP contribution in [0.2, 0.25) is 0 Å². The lowest BCUT2D eigenvalue weighted by atomic mass is 10.1. The number of nitrogens with zero attached hydrogens (tertiary/aromatic N) is 7. The highest BCUT2D eigenvalue weighted by atomic mass is 32.1. The Kier molecular flexibility index (Phi) is 5.68. The normalized spacial score (nSPS) is 13.9. The Morgan fingerprint density at radius 1 is 1.12 bits per heavy atom. The van der Waals surface area contributed by atoms with Gasteiger partial charge in [-0.3, -0.25) is 0 Å². The molecule has 168 valence electrons. The van der Waals surface area contributed by atoms with Gasteiger partial charge < -0.3 is 9.80 Å². The van der Waals surface area contributed by atoms with Crippen LogP contribution < -0.4 is 9.80 Å².